The number of amides is 1. The molecule has 2 aliphatic heterocycles. The van der Waals surface area contributed by atoms with Crippen LogP contribution < -0.4 is 0 Å². The molecule has 24 heavy (non-hydrogen) atoms. The van der Waals surface area contributed by atoms with E-state index < -0.39 is 0 Å². The van der Waals surface area contributed by atoms with Crippen LogP contribution in [0.4, 0.5) is 0 Å². The highest BCUT2D eigenvalue weighted by Gasteiger charge is 2.24. The van der Waals surface area contributed by atoms with E-state index in [2.05, 4.69) is 4.90 Å². The van der Waals surface area contributed by atoms with Crippen molar-refractivity contribution in [2.24, 2.45) is 5.92 Å². The Kier molecular flexibility index (Phi) is 6.39. The van der Waals surface area contributed by atoms with Gasteiger partial charge in [0.25, 0.3) is 0 Å². The van der Waals surface area contributed by atoms with E-state index in [1.165, 1.54) is 5.56 Å². The molecule has 4 nitrogen and oxygen atoms in total. The van der Waals surface area contributed by atoms with Gasteiger partial charge in [-0.15, -0.1) is 0 Å². The predicted octanol–water partition coefficient (Wildman–Crippen LogP) is 3.45. The molecule has 2 saturated heterocycles. The number of ether oxygens (including phenoxy) is 1. The lowest BCUT2D eigenvalue weighted by molar-refractivity contribution is -0.136. The molecule has 1 aromatic rings. The largest absolute Gasteiger partial charge is 0.378 e. The van der Waals surface area contributed by atoms with Crippen molar-refractivity contribution < 1.29 is 9.53 Å². The van der Waals surface area contributed by atoms with E-state index in [1.54, 1.807) is 0 Å². The third kappa shape index (κ3) is 4.85. The number of carbonyl (C=O) groups is 1. The van der Waals surface area contributed by atoms with Gasteiger partial charge in [0, 0.05) is 26.1 Å². The summed E-state index contributed by atoms with van der Waals surface area (Å²) in [6.45, 7) is 5.79. The van der Waals surface area contributed by atoms with Gasteiger partial charge in [0.2, 0.25) is 5.91 Å². The lowest BCUT2D eigenvalue weighted by atomic mass is 9.92. The zero-order valence-corrected chi connectivity index (χ0v) is 15.4. The van der Waals surface area contributed by atoms with Crippen LogP contribution in [0.25, 0.3) is 0 Å². The molecule has 0 N–H and O–H groups in total. The third-order valence-corrected chi connectivity index (χ3v) is 5.66. The van der Waals surface area contributed by atoms with Gasteiger partial charge in [-0.05, 0) is 49.5 Å². The molecular weight excluding hydrogens is 347 g/mol. The van der Waals surface area contributed by atoms with Crippen LogP contribution in [-0.2, 0) is 16.1 Å². The number of likely N-dealkylation sites (tertiary alicyclic amines) is 1. The zero-order chi connectivity index (χ0) is 16.9. The fraction of sp³-hybridized carbons (Fsp3) is 0.611. The Hall–Kier alpha value is -0.810. The second kappa shape index (κ2) is 8.52. The Balaban J connectivity index is 1.43. The van der Waals surface area contributed by atoms with Crippen molar-refractivity contribution in [3.05, 3.63) is 33.8 Å². The number of hydrogen-bond donors (Lipinski definition) is 0. The number of nitrogens with zero attached hydrogens (tertiary/aromatic N) is 2. The van der Waals surface area contributed by atoms with Gasteiger partial charge in [-0.1, -0.05) is 29.3 Å². The minimum Gasteiger partial charge on any atom is -0.378 e. The Morgan fingerprint density at radius 2 is 1.79 bits per heavy atom. The van der Waals surface area contributed by atoms with Gasteiger partial charge in [0.15, 0.2) is 0 Å². The number of carbonyl (C=O) groups excluding carboxylic acids is 1. The fourth-order valence-corrected chi connectivity index (χ4v) is 3.75. The van der Waals surface area contributed by atoms with E-state index in [1.807, 2.05) is 23.1 Å². The predicted molar refractivity (Wildman–Crippen MR) is 96.5 cm³/mol. The van der Waals surface area contributed by atoms with Crippen LogP contribution in [0, 0.1) is 5.92 Å². The maximum Gasteiger partial charge on any atom is 0.223 e. The molecular formula is C18H24Cl2N2O2. The van der Waals surface area contributed by atoms with Crippen LogP contribution in [0.15, 0.2) is 18.2 Å². The van der Waals surface area contributed by atoms with E-state index >= 15 is 0 Å². The molecule has 0 bridgehead atoms. The molecule has 0 atom stereocenters. The molecule has 0 radical (unpaired) electrons. The fourth-order valence-electron chi connectivity index (χ4n) is 3.43. The van der Waals surface area contributed by atoms with E-state index in [0.29, 0.717) is 41.5 Å². The van der Waals surface area contributed by atoms with Crippen molar-refractivity contribution in [3.63, 3.8) is 0 Å². The third-order valence-electron chi connectivity index (χ3n) is 4.92. The molecule has 1 aromatic carbocycles. The second-order valence-corrected chi connectivity index (χ2v) is 7.48. The summed E-state index contributed by atoms with van der Waals surface area (Å²) in [5.74, 6) is 0.798. The number of piperidine rings is 1. The van der Waals surface area contributed by atoms with Crippen LogP contribution in [0.1, 0.15) is 24.8 Å². The van der Waals surface area contributed by atoms with E-state index in [-0.39, 0.29) is 0 Å². The van der Waals surface area contributed by atoms with Gasteiger partial charge >= 0.3 is 0 Å². The number of halogens is 2. The molecule has 1 amide bonds. The van der Waals surface area contributed by atoms with Gasteiger partial charge in [0.05, 0.1) is 23.3 Å². The lowest BCUT2D eigenvalue weighted by Gasteiger charge is -2.33. The monoisotopic (exact) mass is 370 g/mol. The average molecular weight is 371 g/mol. The van der Waals surface area contributed by atoms with Crippen molar-refractivity contribution in [1.29, 1.82) is 0 Å². The van der Waals surface area contributed by atoms with Crippen LogP contribution >= 0.6 is 23.2 Å². The Bertz CT molecular complexity index is 568. The Morgan fingerprint density at radius 1 is 1.08 bits per heavy atom. The Labute approximate surface area is 153 Å². The highest BCUT2D eigenvalue weighted by atomic mass is 35.5. The summed E-state index contributed by atoms with van der Waals surface area (Å²) in [5, 5.41) is 1.21. The molecule has 2 fully saturated rings. The number of morpholine rings is 1. The molecule has 2 heterocycles. The SMILES string of the molecule is O=C(CC1CCN(Cc2ccc(Cl)c(Cl)c2)CC1)N1CCOCC1. The van der Waals surface area contributed by atoms with Gasteiger partial charge in [-0.3, -0.25) is 9.69 Å². The maximum atomic E-state index is 12.3. The normalized spacial score (nSPS) is 20.3. The van der Waals surface area contributed by atoms with Crippen molar-refractivity contribution >= 4 is 29.1 Å². The van der Waals surface area contributed by atoms with Crippen LogP contribution in [0.2, 0.25) is 10.0 Å². The first-order chi connectivity index (χ1) is 11.6. The van der Waals surface area contributed by atoms with Crippen molar-refractivity contribution in [2.45, 2.75) is 25.8 Å². The summed E-state index contributed by atoms with van der Waals surface area (Å²) in [6.07, 6.45) is 2.84. The minimum absolute atomic E-state index is 0.293. The lowest BCUT2D eigenvalue weighted by Crippen LogP contribution is -2.42. The van der Waals surface area contributed by atoms with Crippen LogP contribution in [-0.4, -0.2) is 55.1 Å². The molecule has 2 aliphatic rings. The number of rotatable bonds is 4. The highest BCUT2D eigenvalue weighted by molar-refractivity contribution is 6.42. The summed E-state index contributed by atoms with van der Waals surface area (Å²) in [5.41, 5.74) is 1.19. The summed E-state index contributed by atoms with van der Waals surface area (Å²) in [7, 11) is 0. The van der Waals surface area contributed by atoms with Crippen molar-refractivity contribution in [1.82, 2.24) is 9.80 Å². The van der Waals surface area contributed by atoms with Crippen LogP contribution in [0.5, 0.6) is 0 Å². The molecule has 0 unspecified atom stereocenters. The van der Waals surface area contributed by atoms with Crippen LogP contribution in [0.3, 0.4) is 0 Å². The van der Waals surface area contributed by atoms with E-state index in [9.17, 15) is 4.79 Å². The first-order valence-electron chi connectivity index (χ1n) is 8.63. The number of benzene rings is 1. The number of hydrogen-bond acceptors (Lipinski definition) is 3. The molecule has 6 heteroatoms. The maximum absolute atomic E-state index is 12.3. The highest BCUT2D eigenvalue weighted by Crippen LogP contribution is 2.26. The second-order valence-electron chi connectivity index (χ2n) is 6.67. The zero-order valence-electron chi connectivity index (χ0n) is 13.8. The summed E-state index contributed by atoms with van der Waals surface area (Å²) >= 11 is 12.1. The summed E-state index contributed by atoms with van der Waals surface area (Å²) in [4.78, 5) is 16.7. The molecule has 0 aromatic heterocycles. The summed E-state index contributed by atoms with van der Waals surface area (Å²) in [6, 6.07) is 5.83. The van der Waals surface area contributed by atoms with E-state index in [0.717, 1.165) is 45.6 Å². The minimum atomic E-state index is 0.293. The molecule has 0 aliphatic carbocycles. The smallest absolute Gasteiger partial charge is 0.223 e. The topological polar surface area (TPSA) is 32.8 Å². The molecule has 3 rings (SSSR count). The van der Waals surface area contributed by atoms with E-state index in [4.69, 9.17) is 27.9 Å². The first kappa shape index (κ1) is 18.0. The van der Waals surface area contributed by atoms with Gasteiger partial charge < -0.3 is 9.64 Å². The molecule has 0 saturated carbocycles. The standard InChI is InChI=1S/C18H24Cl2N2O2/c19-16-2-1-15(11-17(16)20)13-21-5-3-14(4-6-21)12-18(23)22-7-9-24-10-8-22/h1-2,11,14H,3-10,12-13H2. The average Bonchev–Trinajstić information content (AvgIpc) is 2.61. The van der Waals surface area contributed by atoms with Gasteiger partial charge in [-0.2, -0.15) is 0 Å². The van der Waals surface area contributed by atoms with Gasteiger partial charge in [-0.25, -0.2) is 0 Å². The molecule has 0 spiro atoms. The van der Waals surface area contributed by atoms with Gasteiger partial charge in [0.1, 0.15) is 0 Å². The quantitative estimate of drug-likeness (QED) is 0.813. The molecule has 132 valence electrons. The Morgan fingerprint density at radius 3 is 2.46 bits per heavy atom. The first-order valence-corrected chi connectivity index (χ1v) is 9.39. The summed E-state index contributed by atoms with van der Waals surface area (Å²) < 4.78 is 5.31. The van der Waals surface area contributed by atoms with Crippen molar-refractivity contribution in [2.75, 3.05) is 39.4 Å². The van der Waals surface area contributed by atoms with Crippen molar-refractivity contribution in [3.8, 4) is 0 Å².